The van der Waals surface area contributed by atoms with Crippen LogP contribution in [0.3, 0.4) is 0 Å². The number of carbonyl (C=O) groups is 1. The zero-order chi connectivity index (χ0) is 20.3. The fourth-order valence-corrected chi connectivity index (χ4v) is 3.70. The molecule has 3 rings (SSSR count). The molecular formula is C19H17N3O5S. The molecule has 0 bridgehead atoms. The molecule has 0 saturated heterocycles. The summed E-state index contributed by atoms with van der Waals surface area (Å²) in [5.74, 6) is -0.612. The summed E-state index contributed by atoms with van der Waals surface area (Å²) in [5, 5.41) is 14.9. The first kappa shape index (κ1) is 19.3. The van der Waals surface area contributed by atoms with Crippen molar-refractivity contribution in [1.29, 1.82) is 0 Å². The number of benzene rings is 3. The number of fused-ring (bicyclic) bond motifs is 1. The number of anilines is 2. The van der Waals surface area contributed by atoms with Gasteiger partial charge in [-0.3, -0.25) is 19.2 Å². The highest BCUT2D eigenvalue weighted by Gasteiger charge is 2.23. The van der Waals surface area contributed by atoms with Gasteiger partial charge in [0.1, 0.15) is 6.54 Å². The van der Waals surface area contributed by atoms with Crippen molar-refractivity contribution in [3.63, 3.8) is 0 Å². The molecule has 1 N–H and O–H groups in total. The topological polar surface area (TPSA) is 110 Å². The van der Waals surface area contributed by atoms with Gasteiger partial charge in [0.05, 0.1) is 16.9 Å². The molecule has 0 atom stereocenters. The molecule has 1 amide bonds. The fourth-order valence-electron chi connectivity index (χ4n) is 2.84. The predicted octanol–water partition coefficient (Wildman–Crippen LogP) is 3.15. The molecule has 0 aromatic heterocycles. The minimum Gasteiger partial charge on any atom is -0.324 e. The molecule has 144 valence electrons. The minimum absolute atomic E-state index is 0.174. The van der Waals surface area contributed by atoms with Crippen molar-refractivity contribution < 1.29 is 18.1 Å². The molecule has 3 aromatic rings. The number of hydrogen-bond donors (Lipinski definition) is 1. The lowest BCUT2D eigenvalue weighted by atomic mass is 10.1. The zero-order valence-electron chi connectivity index (χ0n) is 14.9. The monoisotopic (exact) mass is 399 g/mol. The molecule has 0 aliphatic heterocycles. The first-order valence-electron chi connectivity index (χ1n) is 8.25. The second-order valence-corrected chi connectivity index (χ2v) is 8.03. The second-order valence-electron chi connectivity index (χ2n) is 6.12. The summed E-state index contributed by atoms with van der Waals surface area (Å²) in [7, 11) is -3.75. The Morgan fingerprint density at radius 2 is 1.75 bits per heavy atom. The molecule has 0 heterocycles. The molecule has 0 spiro atoms. The van der Waals surface area contributed by atoms with Crippen molar-refractivity contribution in [2.24, 2.45) is 0 Å². The van der Waals surface area contributed by atoms with Crippen molar-refractivity contribution in [2.45, 2.75) is 0 Å². The third-order valence-corrected chi connectivity index (χ3v) is 5.19. The van der Waals surface area contributed by atoms with E-state index in [0.29, 0.717) is 11.1 Å². The molecule has 8 nitrogen and oxygen atoms in total. The Balaban J connectivity index is 1.91. The zero-order valence-corrected chi connectivity index (χ0v) is 15.7. The Labute approximate surface area is 161 Å². The molecular weight excluding hydrogens is 382 g/mol. The number of nitro groups is 1. The van der Waals surface area contributed by atoms with Gasteiger partial charge in [0.25, 0.3) is 5.69 Å². The van der Waals surface area contributed by atoms with Crippen molar-refractivity contribution in [3.05, 3.63) is 76.8 Å². The number of amides is 1. The highest BCUT2D eigenvalue weighted by Crippen LogP contribution is 2.28. The SMILES string of the molecule is CS(=O)(=O)N(CC(=O)Nc1cccc([N+](=O)[O-])c1)c1cccc2ccccc12. The van der Waals surface area contributed by atoms with Crippen LogP contribution < -0.4 is 9.62 Å². The molecule has 0 radical (unpaired) electrons. The third kappa shape index (κ3) is 4.26. The highest BCUT2D eigenvalue weighted by atomic mass is 32.2. The van der Waals surface area contributed by atoms with E-state index in [-0.39, 0.29) is 11.4 Å². The molecule has 28 heavy (non-hydrogen) atoms. The van der Waals surface area contributed by atoms with Gasteiger partial charge in [0, 0.05) is 23.2 Å². The van der Waals surface area contributed by atoms with Crippen LogP contribution in [-0.4, -0.2) is 32.0 Å². The summed E-state index contributed by atoms with van der Waals surface area (Å²) >= 11 is 0. The molecule has 0 saturated carbocycles. The van der Waals surface area contributed by atoms with Crippen LogP contribution in [0.25, 0.3) is 10.8 Å². The third-order valence-electron chi connectivity index (χ3n) is 4.06. The average Bonchev–Trinajstić information content (AvgIpc) is 2.65. The van der Waals surface area contributed by atoms with Crippen LogP contribution in [-0.2, 0) is 14.8 Å². The Kier molecular flexibility index (Phi) is 5.27. The lowest BCUT2D eigenvalue weighted by molar-refractivity contribution is -0.384. The Morgan fingerprint density at radius 1 is 1.07 bits per heavy atom. The van der Waals surface area contributed by atoms with E-state index in [0.717, 1.165) is 15.9 Å². The smallest absolute Gasteiger partial charge is 0.271 e. The van der Waals surface area contributed by atoms with E-state index >= 15 is 0 Å². The normalized spacial score (nSPS) is 11.2. The lowest BCUT2D eigenvalue weighted by Crippen LogP contribution is -2.37. The van der Waals surface area contributed by atoms with Crippen molar-refractivity contribution >= 4 is 43.8 Å². The summed E-state index contributed by atoms with van der Waals surface area (Å²) in [4.78, 5) is 22.8. The maximum atomic E-state index is 12.5. The first-order valence-corrected chi connectivity index (χ1v) is 10.1. The predicted molar refractivity (Wildman–Crippen MR) is 108 cm³/mol. The maximum Gasteiger partial charge on any atom is 0.271 e. The fraction of sp³-hybridized carbons (Fsp3) is 0.105. The van der Waals surface area contributed by atoms with Crippen LogP contribution >= 0.6 is 0 Å². The van der Waals surface area contributed by atoms with Crippen LogP contribution in [0.15, 0.2) is 66.7 Å². The molecule has 0 fully saturated rings. The summed E-state index contributed by atoms with van der Waals surface area (Å²) in [5.41, 5.74) is 0.423. The molecule has 0 aliphatic carbocycles. The number of carbonyl (C=O) groups excluding carboxylic acids is 1. The molecule has 0 aliphatic rings. The van der Waals surface area contributed by atoms with E-state index < -0.39 is 27.4 Å². The van der Waals surface area contributed by atoms with E-state index in [1.54, 1.807) is 24.3 Å². The number of rotatable bonds is 6. The maximum absolute atomic E-state index is 12.5. The standard InChI is InChI=1S/C19H17N3O5S/c1-28(26,27)21(18-11-4-7-14-6-2-3-10-17(14)18)13-19(23)20-15-8-5-9-16(12-15)22(24)25/h2-12H,13H2,1H3,(H,20,23). The van der Waals surface area contributed by atoms with Gasteiger partial charge >= 0.3 is 0 Å². The van der Waals surface area contributed by atoms with Gasteiger partial charge < -0.3 is 5.32 Å². The summed E-state index contributed by atoms with van der Waals surface area (Å²) < 4.78 is 25.7. The molecule has 3 aromatic carbocycles. The van der Waals surface area contributed by atoms with E-state index in [1.165, 1.54) is 24.3 Å². The first-order chi connectivity index (χ1) is 13.3. The van der Waals surface area contributed by atoms with Gasteiger partial charge in [-0.2, -0.15) is 0 Å². The van der Waals surface area contributed by atoms with Gasteiger partial charge in [-0.1, -0.05) is 42.5 Å². The number of nitrogens with one attached hydrogen (secondary N) is 1. The van der Waals surface area contributed by atoms with Gasteiger partial charge in [-0.25, -0.2) is 8.42 Å². The van der Waals surface area contributed by atoms with Crippen LogP contribution in [0.1, 0.15) is 0 Å². The van der Waals surface area contributed by atoms with Gasteiger partial charge in [0.2, 0.25) is 15.9 Å². The van der Waals surface area contributed by atoms with Crippen LogP contribution in [0.5, 0.6) is 0 Å². The minimum atomic E-state index is -3.75. The Bertz CT molecular complexity index is 1160. The molecule has 0 unspecified atom stereocenters. The highest BCUT2D eigenvalue weighted by molar-refractivity contribution is 7.92. The van der Waals surface area contributed by atoms with E-state index in [2.05, 4.69) is 5.32 Å². The van der Waals surface area contributed by atoms with Crippen molar-refractivity contribution in [3.8, 4) is 0 Å². The number of sulfonamides is 1. The lowest BCUT2D eigenvalue weighted by Gasteiger charge is -2.23. The van der Waals surface area contributed by atoms with Crippen molar-refractivity contribution in [1.82, 2.24) is 0 Å². The number of nitrogens with zero attached hydrogens (tertiary/aromatic N) is 2. The molecule has 9 heteroatoms. The summed E-state index contributed by atoms with van der Waals surface area (Å²) in [6.45, 7) is -0.463. The van der Waals surface area contributed by atoms with Gasteiger partial charge in [-0.05, 0) is 17.5 Å². The van der Waals surface area contributed by atoms with Crippen LogP contribution in [0, 0.1) is 10.1 Å². The summed E-state index contributed by atoms with van der Waals surface area (Å²) in [6, 6.07) is 17.9. The average molecular weight is 399 g/mol. The van der Waals surface area contributed by atoms with E-state index in [1.807, 2.05) is 18.2 Å². The number of non-ortho nitro benzene ring substituents is 1. The Hall–Kier alpha value is -3.46. The van der Waals surface area contributed by atoms with Crippen LogP contribution in [0.4, 0.5) is 17.1 Å². The van der Waals surface area contributed by atoms with E-state index in [9.17, 15) is 23.3 Å². The summed E-state index contributed by atoms with van der Waals surface area (Å²) in [6.07, 6.45) is 1.02. The largest absolute Gasteiger partial charge is 0.324 e. The number of nitro benzene ring substituents is 1. The van der Waals surface area contributed by atoms with Crippen LogP contribution in [0.2, 0.25) is 0 Å². The quantitative estimate of drug-likeness (QED) is 0.506. The van der Waals surface area contributed by atoms with Crippen molar-refractivity contribution in [2.75, 3.05) is 22.4 Å². The number of hydrogen-bond acceptors (Lipinski definition) is 5. The second kappa shape index (κ2) is 7.65. The Morgan fingerprint density at radius 3 is 2.46 bits per heavy atom. The van der Waals surface area contributed by atoms with E-state index in [4.69, 9.17) is 0 Å². The van der Waals surface area contributed by atoms with Gasteiger partial charge in [-0.15, -0.1) is 0 Å². The van der Waals surface area contributed by atoms with Gasteiger partial charge in [0.15, 0.2) is 0 Å².